The van der Waals surface area contributed by atoms with Crippen molar-refractivity contribution in [3.8, 4) is 5.75 Å². The minimum absolute atomic E-state index is 0.0405. The van der Waals surface area contributed by atoms with Crippen LogP contribution in [-0.4, -0.2) is 44.7 Å². The summed E-state index contributed by atoms with van der Waals surface area (Å²) in [6.45, 7) is 0.861. The van der Waals surface area contributed by atoms with Crippen molar-refractivity contribution in [1.29, 1.82) is 0 Å². The van der Waals surface area contributed by atoms with E-state index in [9.17, 15) is 14.0 Å². The zero-order valence-electron chi connectivity index (χ0n) is 19.8. The molecule has 0 bridgehead atoms. The maximum atomic E-state index is 14.3. The van der Waals surface area contributed by atoms with Gasteiger partial charge in [-0.3, -0.25) is 14.3 Å². The Morgan fingerprint density at radius 2 is 1.81 bits per heavy atom. The van der Waals surface area contributed by atoms with Crippen molar-refractivity contribution in [1.82, 2.24) is 29.9 Å². The average Bonchev–Trinajstić information content (AvgIpc) is 3.28. The number of benzene rings is 1. The molecule has 11 heteroatoms. The van der Waals surface area contributed by atoms with Crippen molar-refractivity contribution in [2.75, 3.05) is 14.2 Å². The van der Waals surface area contributed by atoms with Gasteiger partial charge >= 0.3 is 0 Å². The topological polar surface area (TPSA) is 113 Å². The highest BCUT2D eigenvalue weighted by Crippen LogP contribution is 2.17. The fraction of sp³-hybridized carbons (Fsp3) is 0.240. The van der Waals surface area contributed by atoms with E-state index in [0.717, 1.165) is 17.3 Å². The third kappa shape index (κ3) is 5.81. The number of carbonyl (C=O) groups is 1. The molecule has 3 heterocycles. The number of pyridine rings is 1. The summed E-state index contributed by atoms with van der Waals surface area (Å²) in [6, 6.07) is 12.9. The maximum absolute atomic E-state index is 14.3. The summed E-state index contributed by atoms with van der Waals surface area (Å²) in [5, 5.41) is 14.5. The van der Waals surface area contributed by atoms with Crippen LogP contribution in [0.4, 0.5) is 4.39 Å². The molecule has 0 atom stereocenters. The van der Waals surface area contributed by atoms with Gasteiger partial charge in [0.25, 0.3) is 11.5 Å². The van der Waals surface area contributed by atoms with Gasteiger partial charge in [-0.2, -0.15) is 15.3 Å². The van der Waals surface area contributed by atoms with Gasteiger partial charge in [-0.05, 0) is 17.2 Å². The number of rotatable bonds is 10. The van der Waals surface area contributed by atoms with Gasteiger partial charge in [0, 0.05) is 25.6 Å². The Labute approximate surface area is 206 Å². The summed E-state index contributed by atoms with van der Waals surface area (Å²) in [5.74, 6) is -1.17. The maximum Gasteiger partial charge on any atom is 0.255 e. The zero-order chi connectivity index (χ0) is 25.5. The molecule has 1 amide bonds. The minimum atomic E-state index is -0.679. The molecule has 3 aromatic heterocycles. The van der Waals surface area contributed by atoms with Gasteiger partial charge in [0.05, 0.1) is 45.1 Å². The minimum Gasteiger partial charge on any atom is -0.492 e. The van der Waals surface area contributed by atoms with Crippen molar-refractivity contribution in [2.24, 2.45) is 0 Å². The molecule has 186 valence electrons. The van der Waals surface area contributed by atoms with Crippen molar-refractivity contribution in [3.05, 3.63) is 105 Å². The Hall–Kier alpha value is -4.38. The second kappa shape index (κ2) is 11.4. The van der Waals surface area contributed by atoms with Gasteiger partial charge in [-0.1, -0.05) is 30.3 Å². The summed E-state index contributed by atoms with van der Waals surface area (Å²) in [5.41, 5.74) is 2.62. The smallest absolute Gasteiger partial charge is 0.255 e. The molecule has 1 N–H and O–H groups in total. The summed E-state index contributed by atoms with van der Waals surface area (Å²) in [6.07, 6.45) is 4.53. The molecule has 0 unspecified atom stereocenters. The van der Waals surface area contributed by atoms with E-state index in [1.54, 1.807) is 27.7 Å². The third-order valence-electron chi connectivity index (χ3n) is 5.44. The highest BCUT2D eigenvalue weighted by Gasteiger charge is 2.18. The first-order valence-electron chi connectivity index (χ1n) is 11.1. The van der Waals surface area contributed by atoms with Crippen molar-refractivity contribution >= 4 is 5.91 Å². The highest BCUT2D eigenvalue weighted by atomic mass is 19.1. The predicted molar refractivity (Wildman–Crippen MR) is 128 cm³/mol. The van der Waals surface area contributed by atoms with Gasteiger partial charge < -0.3 is 19.4 Å². The number of aromatic nitrogens is 5. The average molecular weight is 493 g/mol. The van der Waals surface area contributed by atoms with Gasteiger partial charge in [0.1, 0.15) is 11.4 Å². The molecule has 36 heavy (non-hydrogen) atoms. The molecule has 0 aliphatic carbocycles. The van der Waals surface area contributed by atoms with E-state index in [4.69, 9.17) is 9.47 Å². The first-order chi connectivity index (χ1) is 17.5. The lowest BCUT2D eigenvalue weighted by molar-refractivity contribution is 0.0944. The van der Waals surface area contributed by atoms with E-state index < -0.39 is 11.7 Å². The summed E-state index contributed by atoms with van der Waals surface area (Å²) < 4.78 is 27.7. The second-order valence-corrected chi connectivity index (χ2v) is 7.96. The Morgan fingerprint density at radius 1 is 1.06 bits per heavy atom. The predicted octanol–water partition coefficient (Wildman–Crippen LogP) is 2.16. The first kappa shape index (κ1) is 24.7. The van der Waals surface area contributed by atoms with Gasteiger partial charge in [0.2, 0.25) is 0 Å². The lowest BCUT2D eigenvalue weighted by Crippen LogP contribution is -2.25. The molecule has 0 aliphatic rings. The van der Waals surface area contributed by atoms with Gasteiger partial charge in [-0.15, -0.1) is 0 Å². The standard InChI is InChI=1S/C25H25FN6O4/c1-35-16-21-19(25(34)27-11-20-24(26)22(36-2)12-28-29-20)15-32(30-21)14-18-8-6-17(7-9-18)13-31-10-4-3-5-23(31)33/h3-10,12,15H,11,13-14,16H2,1-2H3,(H,27,34). The number of carbonyl (C=O) groups excluding carboxylic acids is 1. The Kier molecular flexibility index (Phi) is 7.81. The van der Waals surface area contributed by atoms with E-state index in [1.165, 1.54) is 20.3 Å². The fourth-order valence-corrected chi connectivity index (χ4v) is 3.61. The number of ether oxygens (including phenoxy) is 2. The van der Waals surface area contributed by atoms with Crippen LogP contribution in [-0.2, 0) is 31.0 Å². The SMILES string of the molecule is COCc1nn(Cc2ccc(Cn3ccccc3=O)cc2)cc1C(=O)NCc1nncc(OC)c1F. The van der Waals surface area contributed by atoms with Crippen LogP contribution in [0.1, 0.15) is 32.9 Å². The van der Waals surface area contributed by atoms with Gasteiger partial charge in [0.15, 0.2) is 11.6 Å². The second-order valence-electron chi connectivity index (χ2n) is 7.96. The summed E-state index contributed by atoms with van der Waals surface area (Å²) >= 11 is 0. The van der Waals surface area contributed by atoms with Crippen molar-refractivity contribution in [2.45, 2.75) is 26.2 Å². The van der Waals surface area contributed by atoms with E-state index in [0.29, 0.717) is 24.3 Å². The number of methoxy groups -OCH3 is 2. The van der Waals surface area contributed by atoms with E-state index >= 15 is 0 Å². The fourth-order valence-electron chi connectivity index (χ4n) is 3.61. The molecule has 4 aromatic rings. The lowest BCUT2D eigenvalue weighted by Gasteiger charge is -2.07. The number of hydrogen-bond donors (Lipinski definition) is 1. The zero-order valence-corrected chi connectivity index (χ0v) is 19.8. The molecule has 1 aromatic carbocycles. The molecular formula is C25H25FN6O4. The largest absolute Gasteiger partial charge is 0.492 e. The number of hydrogen-bond acceptors (Lipinski definition) is 7. The highest BCUT2D eigenvalue weighted by molar-refractivity contribution is 5.95. The Bertz CT molecular complexity index is 1400. The van der Waals surface area contributed by atoms with Crippen LogP contribution in [0.25, 0.3) is 0 Å². The summed E-state index contributed by atoms with van der Waals surface area (Å²) in [4.78, 5) is 24.8. The first-order valence-corrected chi connectivity index (χ1v) is 11.1. The molecule has 10 nitrogen and oxygen atoms in total. The van der Waals surface area contributed by atoms with Crippen LogP contribution < -0.4 is 15.6 Å². The molecule has 0 radical (unpaired) electrons. The van der Waals surface area contributed by atoms with Crippen LogP contribution in [0.15, 0.2) is 65.8 Å². The normalized spacial score (nSPS) is 10.9. The van der Waals surface area contributed by atoms with E-state index in [-0.39, 0.29) is 30.2 Å². The van der Waals surface area contributed by atoms with Gasteiger partial charge in [-0.25, -0.2) is 4.39 Å². The number of nitrogens with zero attached hydrogens (tertiary/aromatic N) is 5. The van der Waals surface area contributed by atoms with Crippen LogP contribution in [0, 0.1) is 5.82 Å². The molecule has 0 aliphatic heterocycles. The summed E-state index contributed by atoms with van der Waals surface area (Å²) in [7, 11) is 2.84. The monoisotopic (exact) mass is 492 g/mol. The van der Waals surface area contributed by atoms with Crippen LogP contribution in [0.3, 0.4) is 0 Å². The van der Waals surface area contributed by atoms with Crippen molar-refractivity contribution in [3.63, 3.8) is 0 Å². The quantitative estimate of drug-likeness (QED) is 0.361. The number of halogens is 1. The lowest BCUT2D eigenvalue weighted by atomic mass is 10.1. The number of amides is 1. The number of nitrogens with one attached hydrogen (secondary N) is 1. The van der Waals surface area contributed by atoms with Crippen molar-refractivity contribution < 1.29 is 18.7 Å². The molecule has 0 saturated heterocycles. The molecular weight excluding hydrogens is 467 g/mol. The molecule has 4 rings (SSSR count). The van der Waals surface area contributed by atoms with E-state index in [1.807, 2.05) is 30.3 Å². The Balaban J connectivity index is 1.44. The third-order valence-corrected chi connectivity index (χ3v) is 5.44. The van der Waals surface area contributed by atoms with Crippen LogP contribution >= 0.6 is 0 Å². The molecule has 0 fully saturated rings. The molecule has 0 spiro atoms. The Morgan fingerprint density at radius 3 is 2.50 bits per heavy atom. The van der Waals surface area contributed by atoms with Crippen LogP contribution in [0.5, 0.6) is 5.75 Å². The van der Waals surface area contributed by atoms with Crippen LogP contribution in [0.2, 0.25) is 0 Å². The van der Waals surface area contributed by atoms with E-state index in [2.05, 4.69) is 20.6 Å². The molecule has 0 saturated carbocycles.